The van der Waals surface area contributed by atoms with E-state index in [-0.39, 0.29) is 17.3 Å². The Balaban J connectivity index is 1.74. The number of hydrogen-bond donors (Lipinski definition) is 1. The highest BCUT2D eigenvalue weighted by Crippen LogP contribution is 2.42. The molecule has 4 heteroatoms. The number of rotatable bonds is 12. The summed E-state index contributed by atoms with van der Waals surface area (Å²) < 4.78 is 0. The van der Waals surface area contributed by atoms with Crippen LogP contribution in [0.4, 0.5) is 0 Å². The lowest BCUT2D eigenvalue weighted by Crippen LogP contribution is -2.21. The molecule has 1 aromatic heterocycles. The molecule has 1 aliphatic carbocycles. The summed E-state index contributed by atoms with van der Waals surface area (Å²) in [5, 5.41) is 10.5. The smallest absolute Gasteiger partial charge is 0.169 e. The van der Waals surface area contributed by atoms with E-state index in [0.717, 1.165) is 37.0 Å². The van der Waals surface area contributed by atoms with Gasteiger partial charge in [-0.2, -0.15) is 0 Å². The van der Waals surface area contributed by atoms with Crippen LogP contribution < -0.4 is 0 Å². The lowest BCUT2D eigenvalue weighted by molar-refractivity contribution is 0.102. The zero-order valence-electron chi connectivity index (χ0n) is 16.4. The van der Waals surface area contributed by atoms with E-state index in [1.807, 2.05) is 6.07 Å². The number of halogens is 1. The van der Waals surface area contributed by atoms with Crippen molar-refractivity contribution in [2.45, 2.75) is 96.0 Å². The molecule has 4 atom stereocenters. The third-order valence-corrected chi connectivity index (χ3v) is 7.58. The van der Waals surface area contributed by atoms with Crippen LogP contribution in [0.15, 0.2) is 12.1 Å². The summed E-state index contributed by atoms with van der Waals surface area (Å²) in [6.45, 7) is 3.87. The lowest BCUT2D eigenvalue weighted by Gasteiger charge is -2.23. The number of carbonyl (C=O) groups is 1. The van der Waals surface area contributed by atoms with E-state index < -0.39 is 0 Å². The van der Waals surface area contributed by atoms with Crippen molar-refractivity contribution < 1.29 is 9.90 Å². The standard InChI is InChI=1S/C22H35ClO2S/c1-3-4-5-6-7-8-11-19-18(20(23)15-21(19)25)12-9-10-17-13-14-22(26-17)16(2)24/h13-14,18-21,25H,3-12,15H2,1-2H3/t18-,19-,20-,21-/m1/s1. The Labute approximate surface area is 168 Å². The van der Waals surface area contributed by atoms with Gasteiger partial charge >= 0.3 is 0 Å². The van der Waals surface area contributed by atoms with E-state index in [4.69, 9.17) is 11.6 Å². The van der Waals surface area contributed by atoms with Crippen LogP contribution in [0.3, 0.4) is 0 Å². The minimum atomic E-state index is -0.218. The Bertz CT molecular complexity index is 542. The first-order valence-electron chi connectivity index (χ1n) is 10.4. The fourth-order valence-electron chi connectivity index (χ4n) is 4.31. The Morgan fingerprint density at radius 3 is 2.50 bits per heavy atom. The van der Waals surface area contributed by atoms with Crippen LogP contribution in [0, 0.1) is 11.8 Å². The predicted molar refractivity (Wildman–Crippen MR) is 112 cm³/mol. The van der Waals surface area contributed by atoms with Crippen molar-refractivity contribution >= 4 is 28.7 Å². The number of Topliss-reactive ketones (excluding diaryl/α,β-unsaturated/α-hetero) is 1. The van der Waals surface area contributed by atoms with E-state index >= 15 is 0 Å². The highest BCUT2D eigenvalue weighted by molar-refractivity contribution is 7.14. The first-order valence-corrected chi connectivity index (χ1v) is 11.7. The maximum Gasteiger partial charge on any atom is 0.169 e. The van der Waals surface area contributed by atoms with Gasteiger partial charge in [-0.05, 0) is 63.0 Å². The van der Waals surface area contributed by atoms with Crippen molar-refractivity contribution in [1.82, 2.24) is 0 Å². The van der Waals surface area contributed by atoms with Gasteiger partial charge in [0.15, 0.2) is 5.78 Å². The largest absolute Gasteiger partial charge is 0.393 e. The van der Waals surface area contributed by atoms with Gasteiger partial charge < -0.3 is 5.11 Å². The molecule has 1 fully saturated rings. The lowest BCUT2D eigenvalue weighted by atomic mass is 9.85. The zero-order valence-corrected chi connectivity index (χ0v) is 18.0. The maximum atomic E-state index is 11.4. The number of unbranched alkanes of at least 4 members (excludes halogenated alkanes) is 5. The SMILES string of the molecule is CCCCCCCC[C@@H]1[C@@H](CCCc2ccc(C(C)=O)s2)[C@H](Cl)C[C@H]1O. The van der Waals surface area contributed by atoms with E-state index in [0.29, 0.717) is 11.8 Å². The molecule has 0 aliphatic heterocycles. The van der Waals surface area contributed by atoms with Gasteiger partial charge in [-0.3, -0.25) is 4.79 Å². The van der Waals surface area contributed by atoms with Gasteiger partial charge in [-0.25, -0.2) is 0 Å². The number of aliphatic hydroxyl groups is 1. The van der Waals surface area contributed by atoms with E-state index in [2.05, 4.69) is 13.0 Å². The van der Waals surface area contributed by atoms with E-state index in [1.165, 1.54) is 43.4 Å². The minimum Gasteiger partial charge on any atom is -0.393 e. The molecule has 26 heavy (non-hydrogen) atoms. The summed E-state index contributed by atoms with van der Waals surface area (Å²) in [7, 11) is 0. The van der Waals surface area contributed by atoms with Crippen molar-refractivity contribution in [3.63, 3.8) is 0 Å². The van der Waals surface area contributed by atoms with Crippen LogP contribution in [-0.4, -0.2) is 22.4 Å². The Morgan fingerprint density at radius 1 is 1.12 bits per heavy atom. The number of aryl methyl sites for hydroxylation is 1. The summed E-state index contributed by atoms with van der Waals surface area (Å²) in [4.78, 5) is 13.6. The van der Waals surface area contributed by atoms with Crippen molar-refractivity contribution in [3.8, 4) is 0 Å². The fraction of sp³-hybridized carbons (Fsp3) is 0.773. The summed E-state index contributed by atoms with van der Waals surface area (Å²) in [5.74, 6) is 0.967. The number of ketones is 1. The third kappa shape index (κ3) is 6.65. The molecule has 1 N–H and O–H groups in total. The second-order valence-electron chi connectivity index (χ2n) is 7.92. The van der Waals surface area contributed by atoms with Crippen LogP contribution >= 0.6 is 22.9 Å². The van der Waals surface area contributed by atoms with Crippen molar-refractivity contribution in [2.24, 2.45) is 11.8 Å². The summed E-state index contributed by atoms with van der Waals surface area (Å²) in [5.41, 5.74) is 0. The Morgan fingerprint density at radius 2 is 1.81 bits per heavy atom. The zero-order chi connectivity index (χ0) is 18.9. The molecule has 1 aromatic rings. The van der Waals surface area contributed by atoms with Crippen molar-refractivity contribution in [1.29, 1.82) is 0 Å². The quantitative estimate of drug-likeness (QED) is 0.244. The molecule has 0 radical (unpaired) electrons. The first kappa shape index (κ1) is 21.9. The van der Waals surface area contributed by atoms with Crippen LogP contribution in [0.25, 0.3) is 0 Å². The number of aliphatic hydroxyl groups excluding tert-OH is 1. The van der Waals surface area contributed by atoms with Gasteiger partial charge in [0.2, 0.25) is 0 Å². The Kier molecular flexibility index (Phi) is 9.66. The molecule has 148 valence electrons. The highest BCUT2D eigenvalue weighted by atomic mass is 35.5. The molecule has 1 aliphatic rings. The normalized spacial score (nSPS) is 25.7. The molecule has 1 heterocycles. The van der Waals surface area contributed by atoms with Crippen molar-refractivity contribution in [3.05, 3.63) is 21.9 Å². The first-order chi connectivity index (χ1) is 12.5. The molecule has 2 nitrogen and oxygen atoms in total. The molecule has 0 aromatic carbocycles. The molecule has 0 spiro atoms. The molecule has 0 amide bonds. The molecular weight excluding hydrogens is 364 g/mol. The van der Waals surface area contributed by atoms with Crippen molar-refractivity contribution in [2.75, 3.05) is 0 Å². The molecule has 0 unspecified atom stereocenters. The summed E-state index contributed by atoms with van der Waals surface area (Å²) in [6, 6.07) is 4.02. The average Bonchev–Trinajstić information content (AvgIpc) is 3.17. The number of carbonyl (C=O) groups excluding carboxylic acids is 1. The van der Waals surface area contributed by atoms with Gasteiger partial charge in [0.25, 0.3) is 0 Å². The topological polar surface area (TPSA) is 37.3 Å². The Hall–Kier alpha value is -0.380. The summed E-state index contributed by atoms with van der Waals surface area (Å²) >= 11 is 8.19. The predicted octanol–water partition coefficient (Wildman–Crippen LogP) is 6.63. The molecule has 0 saturated heterocycles. The van der Waals surface area contributed by atoms with E-state index in [9.17, 15) is 9.90 Å². The molecular formula is C22H35ClO2S. The average molecular weight is 399 g/mol. The van der Waals surface area contributed by atoms with Gasteiger partial charge in [0.05, 0.1) is 11.0 Å². The van der Waals surface area contributed by atoms with Gasteiger partial charge in [0.1, 0.15) is 0 Å². The van der Waals surface area contributed by atoms with Crippen LogP contribution in [0.5, 0.6) is 0 Å². The second-order valence-corrected chi connectivity index (χ2v) is 9.65. The van der Waals surface area contributed by atoms with Crippen LogP contribution in [0.1, 0.15) is 92.6 Å². The molecule has 0 bridgehead atoms. The van der Waals surface area contributed by atoms with Gasteiger partial charge in [0, 0.05) is 10.3 Å². The number of thiophene rings is 1. The van der Waals surface area contributed by atoms with Crippen LogP contribution in [0.2, 0.25) is 0 Å². The van der Waals surface area contributed by atoms with E-state index in [1.54, 1.807) is 18.3 Å². The fourth-order valence-corrected chi connectivity index (χ4v) is 5.75. The molecule has 2 rings (SSSR count). The maximum absolute atomic E-state index is 11.4. The summed E-state index contributed by atoms with van der Waals surface area (Å²) in [6.07, 6.45) is 12.6. The third-order valence-electron chi connectivity index (χ3n) is 5.84. The van der Waals surface area contributed by atoms with Gasteiger partial charge in [-0.15, -0.1) is 22.9 Å². The monoisotopic (exact) mass is 398 g/mol. The minimum absolute atomic E-state index is 0.117. The molecule has 1 saturated carbocycles. The number of hydrogen-bond acceptors (Lipinski definition) is 3. The highest BCUT2D eigenvalue weighted by Gasteiger charge is 2.40. The number of alkyl halides is 1. The van der Waals surface area contributed by atoms with Crippen LogP contribution in [-0.2, 0) is 6.42 Å². The van der Waals surface area contributed by atoms with Gasteiger partial charge in [-0.1, -0.05) is 45.4 Å². The second kappa shape index (κ2) is 11.5.